The molecule has 6 heterocycles. The highest BCUT2D eigenvalue weighted by molar-refractivity contribution is 6.30. The Morgan fingerprint density at radius 2 is 1.91 bits per heavy atom. The SMILES string of the molecule is CO[C@H](C)Cn1c(CN2CCC(c3cccc4c3O[C@@](C)(c3ccc(Cl)cn3)O4)CC2)nc2cc(-c3nnc(C(F)(F)F)[nH]3)ncc21. The molecule has 11 nitrogen and oxygen atoms in total. The van der Waals surface area contributed by atoms with Crippen LogP contribution in [0.4, 0.5) is 13.2 Å². The number of para-hydroxylation sites is 1. The van der Waals surface area contributed by atoms with Crippen LogP contribution in [0.2, 0.25) is 5.02 Å². The van der Waals surface area contributed by atoms with Gasteiger partial charge in [0.15, 0.2) is 17.3 Å². The zero-order valence-electron chi connectivity index (χ0n) is 25.9. The smallest absolute Gasteiger partial charge is 0.443 e. The molecule has 0 bridgehead atoms. The number of rotatable bonds is 8. The van der Waals surface area contributed by atoms with Crippen molar-refractivity contribution in [2.45, 2.75) is 63.8 Å². The molecule has 1 aromatic carbocycles. The number of likely N-dealkylation sites (tertiary alicyclic amines) is 1. The lowest BCUT2D eigenvalue weighted by Gasteiger charge is -2.32. The van der Waals surface area contributed by atoms with E-state index in [-0.39, 0.29) is 23.5 Å². The molecule has 1 saturated heterocycles. The maximum Gasteiger partial charge on any atom is 0.451 e. The first-order valence-corrected chi connectivity index (χ1v) is 15.6. The van der Waals surface area contributed by atoms with Crippen LogP contribution in [0.25, 0.3) is 22.6 Å². The Hall–Kier alpha value is -4.27. The van der Waals surface area contributed by atoms with E-state index in [0.29, 0.717) is 35.1 Å². The first kappa shape index (κ1) is 31.3. The standard InChI is InChI=1S/C32H32ClF3N8O3/c1-18(45-3)16-44-24-15-37-23(29-40-30(42-41-29)32(34,35)36)13-22(24)39-27(44)17-43-11-9-19(10-12-43)21-5-4-6-25-28(21)47-31(2,46-25)26-8-7-20(33)14-38-26/h4-8,13-15,18-19H,9-12,16-17H2,1-3H3,(H,40,41,42)/t18-,31+/m1/s1. The summed E-state index contributed by atoms with van der Waals surface area (Å²) in [6.45, 7) is 6.60. The fraction of sp³-hybridized carbons (Fsp3) is 0.406. The van der Waals surface area contributed by atoms with Gasteiger partial charge in [-0.15, -0.1) is 10.2 Å². The second-order valence-corrected chi connectivity index (χ2v) is 12.4. The third kappa shape index (κ3) is 6.12. The number of hydrogen-bond acceptors (Lipinski definition) is 9. The number of alkyl halides is 3. The molecule has 15 heteroatoms. The number of pyridine rings is 2. The monoisotopic (exact) mass is 668 g/mol. The lowest BCUT2D eigenvalue weighted by Crippen LogP contribution is -2.34. The number of nitrogens with zero attached hydrogens (tertiary/aromatic N) is 7. The van der Waals surface area contributed by atoms with E-state index in [9.17, 15) is 13.2 Å². The lowest BCUT2D eigenvalue weighted by molar-refractivity contribution is -0.144. The molecular weight excluding hydrogens is 637 g/mol. The number of aromatic amines is 1. The van der Waals surface area contributed by atoms with E-state index >= 15 is 0 Å². The molecule has 246 valence electrons. The van der Waals surface area contributed by atoms with Crippen LogP contribution in [-0.4, -0.2) is 65.9 Å². The van der Waals surface area contributed by atoms with E-state index in [0.717, 1.165) is 48.6 Å². The Morgan fingerprint density at radius 3 is 2.62 bits per heavy atom. The molecule has 47 heavy (non-hydrogen) atoms. The number of ether oxygens (including phenoxy) is 3. The fourth-order valence-electron chi connectivity index (χ4n) is 6.18. The van der Waals surface area contributed by atoms with Crippen molar-refractivity contribution in [1.29, 1.82) is 0 Å². The summed E-state index contributed by atoms with van der Waals surface area (Å²) < 4.78 is 59.6. The Balaban J connectivity index is 1.08. The summed E-state index contributed by atoms with van der Waals surface area (Å²) in [6.07, 6.45) is 0.266. The molecule has 4 aromatic heterocycles. The molecule has 0 amide bonds. The van der Waals surface area contributed by atoms with Gasteiger partial charge in [0.1, 0.15) is 17.2 Å². The molecule has 0 aliphatic carbocycles. The average molecular weight is 669 g/mol. The van der Waals surface area contributed by atoms with Gasteiger partial charge in [0, 0.05) is 25.8 Å². The van der Waals surface area contributed by atoms with Crippen LogP contribution in [0.1, 0.15) is 55.5 Å². The van der Waals surface area contributed by atoms with Crippen molar-refractivity contribution in [3.8, 4) is 23.0 Å². The van der Waals surface area contributed by atoms with Crippen molar-refractivity contribution in [3.63, 3.8) is 0 Å². The van der Waals surface area contributed by atoms with Crippen LogP contribution in [0.15, 0.2) is 48.8 Å². The van der Waals surface area contributed by atoms with E-state index < -0.39 is 17.8 Å². The van der Waals surface area contributed by atoms with Crippen molar-refractivity contribution in [2.75, 3.05) is 20.2 Å². The zero-order valence-corrected chi connectivity index (χ0v) is 26.6. The topological polar surface area (TPSA) is 116 Å². The Labute approximate surface area is 273 Å². The quantitative estimate of drug-likeness (QED) is 0.202. The highest BCUT2D eigenvalue weighted by atomic mass is 35.5. The number of imidazole rings is 1. The number of H-pyrrole nitrogens is 1. The molecule has 2 aliphatic rings. The Bertz CT molecular complexity index is 1910. The van der Waals surface area contributed by atoms with Gasteiger partial charge < -0.3 is 23.8 Å². The number of piperidine rings is 1. The number of nitrogens with one attached hydrogen (secondary N) is 1. The van der Waals surface area contributed by atoms with Crippen LogP contribution in [0, 0.1) is 0 Å². The van der Waals surface area contributed by atoms with Crippen LogP contribution in [-0.2, 0) is 29.8 Å². The molecular formula is C32H32ClF3N8O3. The summed E-state index contributed by atoms with van der Waals surface area (Å²) in [5, 5.41) is 7.41. The predicted octanol–water partition coefficient (Wildman–Crippen LogP) is 6.34. The second-order valence-electron chi connectivity index (χ2n) is 12.0. The van der Waals surface area contributed by atoms with Crippen molar-refractivity contribution < 1.29 is 27.4 Å². The third-order valence-electron chi connectivity index (χ3n) is 8.75. The van der Waals surface area contributed by atoms with E-state index in [1.54, 1.807) is 31.6 Å². The summed E-state index contributed by atoms with van der Waals surface area (Å²) in [4.78, 5) is 18.3. The molecule has 1 fully saturated rings. The van der Waals surface area contributed by atoms with Crippen LogP contribution in [0.3, 0.4) is 0 Å². The minimum absolute atomic E-state index is 0.0748. The van der Waals surface area contributed by atoms with Crippen LogP contribution >= 0.6 is 11.6 Å². The Morgan fingerprint density at radius 1 is 1.11 bits per heavy atom. The normalized spacial score (nSPS) is 19.5. The van der Waals surface area contributed by atoms with Gasteiger partial charge in [-0.25, -0.2) is 4.98 Å². The van der Waals surface area contributed by atoms with Crippen LogP contribution < -0.4 is 9.47 Å². The van der Waals surface area contributed by atoms with Gasteiger partial charge >= 0.3 is 6.18 Å². The summed E-state index contributed by atoms with van der Waals surface area (Å²) in [5.41, 5.74) is 3.33. The van der Waals surface area contributed by atoms with Gasteiger partial charge in [-0.05, 0) is 63.0 Å². The molecule has 0 radical (unpaired) electrons. The van der Waals surface area contributed by atoms with E-state index in [4.69, 9.17) is 30.8 Å². The molecule has 0 spiro atoms. The van der Waals surface area contributed by atoms with Gasteiger partial charge in [-0.1, -0.05) is 23.7 Å². The van der Waals surface area contributed by atoms with Crippen molar-refractivity contribution in [3.05, 3.63) is 76.7 Å². The molecule has 1 N–H and O–H groups in total. The predicted molar refractivity (Wildman–Crippen MR) is 166 cm³/mol. The average Bonchev–Trinajstić information content (AvgIpc) is 3.77. The third-order valence-corrected chi connectivity index (χ3v) is 8.97. The zero-order chi connectivity index (χ0) is 32.9. The van der Waals surface area contributed by atoms with Gasteiger partial charge in [0.2, 0.25) is 5.82 Å². The largest absolute Gasteiger partial charge is 0.451 e. The molecule has 2 atom stereocenters. The minimum atomic E-state index is -4.63. The molecule has 2 aliphatic heterocycles. The number of benzene rings is 1. The van der Waals surface area contributed by atoms with Crippen molar-refractivity contribution >= 4 is 22.6 Å². The summed E-state index contributed by atoms with van der Waals surface area (Å²) in [5.74, 6) is 0.229. The lowest BCUT2D eigenvalue weighted by atomic mass is 9.88. The number of methoxy groups -OCH3 is 1. The number of aromatic nitrogens is 7. The first-order valence-electron chi connectivity index (χ1n) is 15.2. The molecule has 7 rings (SSSR count). The Kier molecular flexibility index (Phi) is 8.05. The number of halogens is 4. The van der Waals surface area contributed by atoms with Gasteiger partial charge in [-0.3, -0.25) is 14.9 Å². The summed E-state index contributed by atoms with van der Waals surface area (Å²) in [6, 6.07) is 11.2. The first-order chi connectivity index (χ1) is 22.5. The van der Waals surface area contributed by atoms with E-state index in [1.165, 1.54) is 0 Å². The summed E-state index contributed by atoms with van der Waals surface area (Å²) >= 11 is 6.04. The van der Waals surface area contributed by atoms with Gasteiger partial charge in [0.05, 0.1) is 41.4 Å². The molecule has 0 unspecified atom stereocenters. The number of hydrogen-bond donors (Lipinski definition) is 1. The van der Waals surface area contributed by atoms with Gasteiger partial charge in [0.25, 0.3) is 5.79 Å². The number of fused-ring (bicyclic) bond motifs is 2. The minimum Gasteiger partial charge on any atom is -0.443 e. The van der Waals surface area contributed by atoms with Gasteiger partial charge in [-0.2, -0.15) is 13.2 Å². The maximum atomic E-state index is 13.1. The second kappa shape index (κ2) is 12.1. The van der Waals surface area contributed by atoms with Crippen molar-refractivity contribution in [1.82, 2.24) is 39.6 Å². The fourth-order valence-corrected chi connectivity index (χ4v) is 6.30. The van der Waals surface area contributed by atoms with E-state index in [2.05, 4.69) is 40.7 Å². The van der Waals surface area contributed by atoms with Crippen LogP contribution in [0.5, 0.6) is 11.5 Å². The highest BCUT2D eigenvalue weighted by Crippen LogP contribution is 2.49. The molecule has 5 aromatic rings. The maximum absolute atomic E-state index is 13.1. The molecule has 0 saturated carbocycles. The van der Waals surface area contributed by atoms with E-state index in [1.807, 2.05) is 32.0 Å². The van der Waals surface area contributed by atoms with Crippen molar-refractivity contribution in [2.24, 2.45) is 0 Å². The summed E-state index contributed by atoms with van der Waals surface area (Å²) in [7, 11) is 1.65. The highest BCUT2D eigenvalue weighted by Gasteiger charge is 2.42.